The minimum absolute atomic E-state index is 0.0300. The molecule has 1 N–H and O–H groups in total. The highest BCUT2D eigenvalue weighted by Gasteiger charge is 2.30. The molecule has 8 heteroatoms. The van der Waals surface area contributed by atoms with Crippen molar-refractivity contribution >= 4 is 46.8 Å². The Hall–Kier alpha value is -2.54. The summed E-state index contributed by atoms with van der Waals surface area (Å²) in [5, 5.41) is 3.99. The summed E-state index contributed by atoms with van der Waals surface area (Å²) >= 11 is 13.6. The van der Waals surface area contributed by atoms with E-state index in [2.05, 4.69) is 5.32 Å². The molecular formula is C29H31Cl2FN2O2S. The molecule has 2 atom stereocenters. The van der Waals surface area contributed by atoms with Crippen LogP contribution in [0, 0.1) is 5.82 Å². The van der Waals surface area contributed by atoms with E-state index in [1.54, 1.807) is 29.2 Å². The molecule has 0 aliphatic rings. The Kier molecular flexibility index (Phi) is 11.3. The molecule has 0 bridgehead atoms. The minimum atomic E-state index is -0.723. The van der Waals surface area contributed by atoms with Crippen molar-refractivity contribution in [3.8, 4) is 0 Å². The molecular weight excluding hydrogens is 530 g/mol. The fraction of sp³-hybridized carbons (Fsp3) is 0.310. The van der Waals surface area contributed by atoms with Crippen LogP contribution in [0.2, 0.25) is 10.0 Å². The summed E-state index contributed by atoms with van der Waals surface area (Å²) in [5.74, 6) is 0.00519. The number of amides is 2. The lowest BCUT2D eigenvalue weighted by atomic mass is 10.0. The van der Waals surface area contributed by atoms with Crippen LogP contribution in [0.15, 0.2) is 72.8 Å². The van der Waals surface area contributed by atoms with Gasteiger partial charge in [-0.25, -0.2) is 4.39 Å². The molecule has 4 nitrogen and oxygen atoms in total. The van der Waals surface area contributed by atoms with E-state index in [0.29, 0.717) is 22.2 Å². The monoisotopic (exact) mass is 560 g/mol. The highest BCUT2D eigenvalue weighted by Crippen LogP contribution is 2.25. The second kappa shape index (κ2) is 14.4. The molecule has 0 fully saturated rings. The van der Waals surface area contributed by atoms with Gasteiger partial charge in [0.05, 0.1) is 15.8 Å². The van der Waals surface area contributed by atoms with Crippen molar-refractivity contribution in [3.05, 3.63) is 105 Å². The predicted molar refractivity (Wildman–Crippen MR) is 151 cm³/mol. The Bertz CT molecular complexity index is 1180. The van der Waals surface area contributed by atoms with Crippen molar-refractivity contribution in [1.82, 2.24) is 10.2 Å². The summed E-state index contributed by atoms with van der Waals surface area (Å²) < 4.78 is 13.6. The maximum atomic E-state index is 13.6. The standard InChI is InChI=1S/C29H31Cl2FN2O2S/c1-3-20(2)33-29(36)27(16-21-7-5-4-6-8-21)34(17-22-9-12-24(32)13-10-22)28(35)19-37-18-23-11-14-25(30)26(31)15-23/h4-15,20,27H,3,16-19H2,1-2H3,(H,33,36)/t20-,27+/m0/s1. The van der Waals surface area contributed by atoms with Crippen molar-refractivity contribution in [2.45, 2.75) is 51.1 Å². The number of thioether (sulfide) groups is 1. The van der Waals surface area contributed by atoms with Gasteiger partial charge >= 0.3 is 0 Å². The van der Waals surface area contributed by atoms with Gasteiger partial charge in [-0.05, 0) is 54.3 Å². The van der Waals surface area contributed by atoms with Crippen molar-refractivity contribution in [2.24, 2.45) is 0 Å². The van der Waals surface area contributed by atoms with Gasteiger partial charge in [0.2, 0.25) is 11.8 Å². The van der Waals surface area contributed by atoms with Crippen molar-refractivity contribution in [1.29, 1.82) is 0 Å². The third kappa shape index (κ3) is 9.06. The maximum absolute atomic E-state index is 13.6. The Labute approximate surface area is 232 Å². The van der Waals surface area contributed by atoms with Gasteiger partial charge in [-0.15, -0.1) is 11.8 Å². The van der Waals surface area contributed by atoms with Crippen LogP contribution in [-0.4, -0.2) is 34.6 Å². The van der Waals surface area contributed by atoms with Gasteiger partial charge in [0.25, 0.3) is 0 Å². The van der Waals surface area contributed by atoms with Gasteiger partial charge in [-0.2, -0.15) is 0 Å². The average molecular weight is 562 g/mol. The Morgan fingerprint density at radius 2 is 1.62 bits per heavy atom. The molecule has 196 valence electrons. The summed E-state index contributed by atoms with van der Waals surface area (Å²) in [6, 6.07) is 20.3. The smallest absolute Gasteiger partial charge is 0.243 e. The van der Waals surface area contributed by atoms with E-state index in [1.165, 1.54) is 23.9 Å². The molecule has 0 spiro atoms. The van der Waals surface area contributed by atoms with Crippen molar-refractivity contribution in [3.63, 3.8) is 0 Å². The summed E-state index contributed by atoms with van der Waals surface area (Å²) in [4.78, 5) is 28.7. The maximum Gasteiger partial charge on any atom is 0.243 e. The first-order valence-corrected chi connectivity index (χ1v) is 14.1. The quantitative estimate of drug-likeness (QED) is 0.261. The van der Waals surface area contributed by atoms with Crippen LogP contribution in [0.1, 0.15) is 37.0 Å². The van der Waals surface area contributed by atoms with Gasteiger partial charge in [0.1, 0.15) is 11.9 Å². The minimum Gasteiger partial charge on any atom is -0.352 e. The number of halogens is 3. The van der Waals surface area contributed by atoms with Crippen LogP contribution < -0.4 is 5.32 Å². The van der Waals surface area contributed by atoms with Gasteiger partial charge < -0.3 is 10.2 Å². The first-order valence-electron chi connectivity index (χ1n) is 12.2. The SMILES string of the molecule is CC[C@H](C)NC(=O)[C@@H](Cc1ccccc1)N(Cc1ccc(F)cc1)C(=O)CSCc1ccc(Cl)c(Cl)c1. The van der Waals surface area contributed by atoms with Crippen LogP contribution in [-0.2, 0) is 28.3 Å². The zero-order valence-corrected chi connectivity index (χ0v) is 23.3. The van der Waals surface area contributed by atoms with E-state index in [4.69, 9.17) is 23.2 Å². The van der Waals surface area contributed by atoms with Crippen LogP contribution >= 0.6 is 35.0 Å². The number of carbonyl (C=O) groups excluding carboxylic acids is 2. The molecule has 0 aromatic heterocycles. The second-order valence-electron chi connectivity index (χ2n) is 8.91. The number of hydrogen-bond donors (Lipinski definition) is 1. The first kappa shape index (κ1) is 29.0. The van der Waals surface area contributed by atoms with Crippen LogP contribution in [0.3, 0.4) is 0 Å². The molecule has 0 aliphatic carbocycles. The Balaban J connectivity index is 1.84. The normalized spacial score (nSPS) is 12.6. The molecule has 37 heavy (non-hydrogen) atoms. The second-order valence-corrected chi connectivity index (χ2v) is 10.7. The van der Waals surface area contributed by atoms with Gasteiger partial charge in [-0.3, -0.25) is 9.59 Å². The first-order chi connectivity index (χ1) is 17.8. The number of nitrogens with one attached hydrogen (secondary N) is 1. The number of hydrogen-bond acceptors (Lipinski definition) is 3. The molecule has 0 aliphatic heterocycles. The summed E-state index contributed by atoms with van der Waals surface area (Å²) in [5.41, 5.74) is 2.65. The number of nitrogens with zero attached hydrogens (tertiary/aromatic N) is 1. The van der Waals surface area contributed by atoms with Gasteiger partial charge in [-0.1, -0.05) is 78.7 Å². The lowest BCUT2D eigenvalue weighted by Crippen LogP contribution is -2.52. The van der Waals surface area contributed by atoms with Gasteiger partial charge in [0, 0.05) is 24.8 Å². The van der Waals surface area contributed by atoms with Crippen LogP contribution in [0.25, 0.3) is 0 Å². The fourth-order valence-electron chi connectivity index (χ4n) is 3.75. The van der Waals surface area contributed by atoms with E-state index in [-0.39, 0.29) is 36.0 Å². The van der Waals surface area contributed by atoms with Crippen LogP contribution in [0.4, 0.5) is 4.39 Å². The lowest BCUT2D eigenvalue weighted by Gasteiger charge is -2.32. The van der Waals surface area contributed by atoms with Crippen molar-refractivity contribution in [2.75, 3.05) is 5.75 Å². The summed E-state index contributed by atoms with van der Waals surface area (Å²) in [6.07, 6.45) is 1.14. The fourth-order valence-corrected chi connectivity index (χ4v) is 4.93. The molecule has 0 heterocycles. The average Bonchev–Trinajstić information content (AvgIpc) is 2.89. The molecule has 0 radical (unpaired) electrons. The van der Waals surface area contributed by atoms with E-state index < -0.39 is 6.04 Å². The van der Waals surface area contributed by atoms with Crippen molar-refractivity contribution < 1.29 is 14.0 Å². The molecule has 2 amide bonds. The predicted octanol–water partition coefficient (Wildman–Crippen LogP) is 6.92. The Morgan fingerprint density at radius 3 is 2.27 bits per heavy atom. The third-order valence-corrected chi connectivity index (χ3v) is 7.74. The van der Waals surface area contributed by atoms with E-state index in [1.807, 2.05) is 50.2 Å². The van der Waals surface area contributed by atoms with Crippen LogP contribution in [0.5, 0.6) is 0 Å². The highest BCUT2D eigenvalue weighted by atomic mass is 35.5. The molecule has 3 aromatic carbocycles. The zero-order chi connectivity index (χ0) is 26.8. The molecule has 0 saturated heterocycles. The number of rotatable bonds is 12. The number of benzene rings is 3. The Morgan fingerprint density at radius 1 is 0.946 bits per heavy atom. The van der Waals surface area contributed by atoms with Gasteiger partial charge in [0.15, 0.2) is 0 Å². The zero-order valence-electron chi connectivity index (χ0n) is 20.9. The summed E-state index contributed by atoms with van der Waals surface area (Å²) in [7, 11) is 0. The lowest BCUT2D eigenvalue weighted by molar-refractivity contribution is -0.139. The molecule has 3 rings (SSSR count). The number of carbonyl (C=O) groups is 2. The highest BCUT2D eigenvalue weighted by molar-refractivity contribution is 7.99. The largest absolute Gasteiger partial charge is 0.352 e. The van der Waals surface area contributed by atoms with E-state index in [0.717, 1.165) is 23.1 Å². The van der Waals surface area contributed by atoms with E-state index >= 15 is 0 Å². The summed E-state index contributed by atoms with van der Waals surface area (Å²) in [6.45, 7) is 4.13. The van der Waals surface area contributed by atoms with E-state index in [9.17, 15) is 14.0 Å². The molecule has 0 saturated carbocycles. The molecule has 0 unspecified atom stereocenters. The topological polar surface area (TPSA) is 49.4 Å². The molecule has 3 aromatic rings. The third-order valence-electron chi connectivity index (χ3n) is 6.02.